The topological polar surface area (TPSA) is 47.8 Å². The summed E-state index contributed by atoms with van der Waals surface area (Å²) in [5.41, 5.74) is 3.00. The molecule has 112 valence electrons. The number of nitrogens with zero attached hydrogens (tertiary/aromatic N) is 1. The maximum absolute atomic E-state index is 11.6. The molecular formula is C16H12ClNO3S. The van der Waals surface area contributed by atoms with Crippen LogP contribution in [-0.4, -0.2) is 23.8 Å². The van der Waals surface area contributed by atoms with Crippen LogP contribution < -0.4 is 0 Å². The first kappa shape index (κ1) is 14.8. The van der Waals surface area contributed by atoms with Gasteiger partial charge in [0.25, 0.3) is 0 Å². The molecular weight excluding hydrogens is 322 g/mol. The number of halogens is 1. The molecule has 0 aliphatic carbocycles. The van der Waals surface area contributed by atoms with Crippen LogP contribution in [-0.2, 0) is 16.0 Å². The molecule has 0 bridgehead atoms. The minimum atomic E-state index is -0.335. The van der Waals surface area contributed by atoms with Crippen molar-refractivity contribution < 1.29 is 14.3 Å². The summed E-state index contributed by atoms with van der Waals surface area (Å²) < 4.78 is 6.50. The van der Waals surface area contributed by atoms with Crippen LogP contribution in [0.15, 0.2) is 35.7 Å². The van der Waals surface area contributed by atoms with E-state index in [-0.39, 0.29) is 12.4 Å². The van der Waals surface area contributed by atoms with Gasteiger partial charge in [-0.15, -0.1) is 11.3 Å². The maximum atomic E-state index is 11.6. The Kier molecular flexibility index (Phi) is 4.00. The summed E-state index contributed by atoms with van der Waals surface area (Å²) in [5.74, 6) is -0.335. The van der Waals surface area contributed by atoms with Gasteiger partial charge in [-0.3, -0.25) is 9.59 Å². The normalized spacial score (nSPS) is 10.8. The number of aldehydes is 1. The van der Waals surface area contributed by atoms with Crippen LogP contribution in [0.5, 0.6) is 0 Å². The number of fused-ring (bicyclic) bond motifs is 1. The van der Waals surface area contributed by atoms with Gasteiger partial charge in [-0.25, -0.2) is 0 Å². The Morgan fingerprint density at radius 3 is 2.73 bits per heavy atom. The molecule has 0 aliphatic heterocycles. The quantitative estimate of drug-likeness (QED) is 0.538. The number of benzene rings is 1. The molecule has 0 N–H and O–H groups in total. The zero-order chi connectivity index (χ0) is 15.7. The fourth-order valence-electron chi connectivity index (χ4n) is 2.38. The zero-order valence-electron chi connectivity index (χ0n) is 11.7. The Hall–Kier alpha value is -2.11. The molecule has 0 aliphatic rings. The van der Waals surface area contributed by atoms with Crippen LogP contribution in [0.1, 0.15) is 16.2 Å². The lowest BCUT2D eigenvalue weighted by Crippen LogP contribution is -2.07. The van der Waals surface area contributed by atoms with Crippen molar-refractivity contribution in [3.05, 3.63) is 52.1 Å². The predicted molar refractivity (Wildman–Crippen MR) is 86.8 cm³/mol. The zero-order valence-corrected chi connectivity index (χ0v) is 13.3. The van der Waals surface area contributed by atoms with Gasteiger partial charge >= 0.3 is 5.97 Å². The molecule has 22 heavy (non-hydrogen) atoms. The summed E-state index contributed by atoms with van der Waals surface area (Å²) >= 11 is 7.39. The number of carbonyl (C=O) groups is 2. The van der Waals surface area contributed by atoms with Gasteiger partial charge in [-0.05, 0) is 23.8 Å². The molecule has 0 radical (unpaired) electrons. The Morgan fingerprint density at radius 2 is 2.09 bits per heavy atom. The summed E-state index contributed by atoms with van der Waals surface area (Å²) in [5, 5.41) is 2.51. The molecule has 0 saturated heterocycles. The highest BCUT2D eigenvalue weighted by atomic mass is 35.5. The van der Waals surface area contributed by atoms with Crippen molar-refractivity contribution in [1.29, 1.82) is 0 Å². The standard InChI is InChI=1S/C16H12ClNO3S/c1-21-16(20)6-12-9-22-15-7-13(14(8-19)18(12)15)10-2-4-11(17)5-3-10/h2-5,7-9H,6H2,1H3. The molecule has 0 saturated carbocycles. The van der Waals surface area contributed by atoms with Crippen molar-refractivity contribution in [2.24, 2.45) is 0 Å². The second-order valence-corrected chi connectivity index (χ2v) is 6.05. The third-order valence-corrected chi connectivity index (χ3v) is 4.61. The summed E-state index contributed by atoms with van der Waals surface area (Å²) in [6, 6.07) is 9.25. The van der Waals surface area contributed by atoms with E-state index in [1.807, 2.05) is 23.6 Å². The van der Waals surface area contributed by atoms with E-state index in [0.717, 1.165) is 27.9 Å². The molecule has 3 rings (SSSR count). The third kappa shape index (κ3) is 2.53. The lowest BCUT2D eigenvalue weighted by atomic mass is 10.1. The monoisotopic (exact) mass is 333 g/mol. The molecule has 0 spiro atoms. The summed E-state index contributed by atoms with van der Waals surface area (Å²) in [7, 11) is 1.35. The fourth-order valence-corrected chi connectivity index (χ4v) is 3.46. The number of methoxy groups -OCH3 is 1. The Labute approximate surface area is 135 Å². The minimum Gasteiger partial charge on any atom is -0.469 e. The van der Waals surface area contributed by atoms with E-state index in [1.54, 1.807) is 16.5 Å². The van der Waals surface area contributed by atoms with Gasteiger partial charge in [0.15, 0.2) is 6.29 Å². The first-order chi connectivity index (χ1) is 10.6. The van der Waals surface area contributed by atoms with Gasteiger partial charge < -0.3 is 9.14 Å². The van der Waals surface area contributed by atoms with Crippen LogP contribution in [0.25, 0.3) is 16.0 Å². The summed E-state index contributed by atoms with van der Waals surface area (Å²) in [4.78, 5) is 24.0. The van der Waals surface area contributed by atoms with Gasteiger partial charge in [-0.2, -0.15) is 0 Å². The second-order valence-electron chi connectivity index (χ2n) is 4.72. The molecule has 4 nitrogen and oxygen atoms in total. The Bertz CT molecular complexity index is 848. The van der Waals surface area contributed by atoms with Gasteiger partial charge in [0.2, 0.25) is 0 Å². The van der Waals surface area contributed by atoms with Crippen LogP contribution in [0.2, 0.25) is 5.02 Å². The molecule has 1 aromatic carbocycles. The van der Waals surface area contributed by atoms with E-state index < -0.39 is 0 Å². The highest BCUT2D eigenvalue weighted by molar-refractivity contribution is 7.15. The SMILES string of the molecule is COC(=O)Cc1csc2cc(-c3ccc(Cl)cc3)c(C=O)n12. The largest absolute Gasteiger partial charge is 0.469 e. The summed E-state index contributed by atoms with van der Waals surface area (Å²) in [6.45, 7) is 0. The number of aromatic nitrogens is 1. The van der Waals surface area contributed by atoms with E-state index >= 15 is 0 Å². The lowest BCUT2D eigenvalue weighted by Gasteiger charge is -2.03. The van der Waals surface area contributed by atoms with Crippen molar-refractivity contribution in [2.45, 2.75) is 6.42 Å². The van der Waals surface area contributed by atoms with Gasteiger partial charge in [-0.1, -0.05) is 23.7 Å². The Morgan fingerprint density at radius 1 is 1.36 bits per heavy atom. The first-order valence-electron chi connectivity index (χ1n) is 6.54. The van der Waals surface area contributed by atoms with Gasteiger partial charge in [0, 0.05) is 21.7 Å². The average molecular weight is 334 g/mol. The molecule has 2 aromatic heterocycles. The molecule has 0 unspecified atom stereocenters. The Balaban J connectivity index is 2.14. The van der Waals surface area contributed by atoms with Crippen molar-refractivity contribution in [3.63, 3.8) is 0 Å². The second kappa shape index (κ2) is 5.94. The van der Waals surface area contributed by atoms with E-state index in [9.17, 15) is 9.59 Å². The summed E-state index contributed by atoms with van der Waals surface area (Å²) in [6.07, 6.45) is 0.941. The predicted octanol–water partition coefficient (Wildman–Crippen LogP) is 3.85. The number of hydrogen-bond donors (Lipinski definition) is 0. The smallest absolute Gasteiger partial charge is 0.311 e. The highest BCUT2D eigenvalue weighted by Crippen LogP contribution is 2.31. The van der Waals surface area contributed by atoms with Crippen molar-refractivity contribution in [1.82, 2.24) is 4.40 Å². The number of rotatable bonds is 4. The first-order valence-corrected chi connectivity index (χ1v) is 7.79. The average Bonchev–Trinajstić information content (AvgIpc) is 3.07. The minimum absolute atomic E-state index is 0.131. The number of thiazole rings is 1. The highest BCUT2D eigenvalue weighted by Gasteiger charge is 2.17. The molecule has 0 amide bonds. The molecule has 2 heterocycles. The van der Waals surface area contributed by atoms with E-state index in [2.05, 4.69) is 0 Å². The van der Waals surface area contributed by atoms with Crippen LogP contribution in [0.4, 0.5) is 0 Å². The van der Waals surface area contributed by atoms with Crippen molar-refractivity contribution in [3.8, 4) is 11.1 Å². The van der Waals surface area contributed by atoms with Crippen molar-refractivity contribution >= 4 is 40.0 Å². The number of ether oxygens (including phenoxy) is 1. The maximum Gasteiger partial charge on any atom is 0.311 e. The van der Waals surface area contributed by atoms with E-state index in [1.165, 1.54) is 18.4 Å². The molecule has 0 atom stereocenters. The lowest BCUT2D eigenvalue weighted by molar-refractivity contribution is -0.139. The number of carbonyl (C=O) groups excluding carboxylic acids is 2. The molecule has 3 aromatic rings. The van der Waals surface area contributed by atoms with Crippen molar-refractivity contribution in [2.75, 3.05) is 7.11 Å². The third-order valence-electron chi connectivity index (χ3n) is 3.43. The number of hydrogen-bond acceptors (Lipinski definition) is 4. The van der Waals surface area contributed by atoms with Crippen LogP contribution in [0, 0.1) is 0 Å². The number of esters is 1. The molecule has 0 fully saturated rings. The van der Waals surface area contributed by atoms with Gasteiger partial charge in [0.05, 0.1) is 19.2 Å². The van der Waals surface area contributed by atoms with Crippen LogP contribution in [0.3, 0.4) is 0 Å². The fraction of sp³-hybridized carbons (Fsp3) is 0.125. The molecule has 6 heteroatoms. The van der Waals surface area contributed by atoms with Gasteiger partial charge in [0.1, 0.15) is 4.83 Å². The van der Waals surface area contributed by atoms with E-state index in [4.69, 9.17) is 16.3 Å². The van der Waals surface area contributed by atoms with Crippen LogP contribution >= 0.6 is 22.9 Å². The van der Waals surface area contributed by atoms with E-state index in [0.29, 0.717) is 10.7 Å².